The van der Waals surface area contributed by atoms with Crippen molar-refractivity contribution in [2.24, 2.45) is 0 Å². The minimum Gasteiger partial charge on any atom is -0.369 e. The van der Waals surface area contributed by atoms with Gasteiger partial charge in [-0.1, -0.05) is 41.9 Å². The number of carbonyl (C=O) groups is 1. The Balaban J connectivity index is 1.26. The van der Waals surface area contributed by atoms with Crippen LogP contribution in [0.5, 0.6) is 0 Å². The molecule has 4 aromatic rings. The zero-order valence-corrected chi connectivity index (χ0v) is 26.2. The number of amides is 1. The van der Waals surface area contributed by atoms with Crippen molar-refractivity contribution in [3.8, 4) is 0 Å². The molecule has 1 amide bonds. The van der Waals surface area contributed by atoms with E-state index < -0.39 is 35.0 Å². The van der Waals surface area contributed by atoms with Crippen LogP contribution in [0.15, 0.2) is 73.1 Å². The molecule has 7 nitrogen and oxygen atoms in total. The molecule has 2 heterocycles. The number of alkyl halides is 6. The van der Waals surface area contributed by atoms with Gasteiger partial charge in [0.1, 0.15) is 12.2 Å². The fourth-order valence-electron chi connectivity index (χ4n) is 5.83. The predicted octanol–water partition coefficient (Wildman–Crippen LogP) is 7.15. The summed E-state index contributed by atoms with van der Waals surface area (Å²) < 4.78 is 80.7. The lowest BCUT2D eigenvalue weighted by Crippen LogP contribution is -2.47. The SMILES string of the molecule is CN(C[C@@H](CCN1CCN(c2ccccc2Cc2ncn[nH]2)CC1)c1ccc(Cl)cc1)C(=O)c1cc(C(F)(F)F)cc(C(F)(F)F)c1. The Morgan fingerprint density at radius 1 is 0.936 bits per heavy atom. The second kappa shape index (κ2) is 14.3. The lowest BCUT2D eigenvalue weighted by molar-refractivity contribution is -0.143. The van der Waals surface area contributed by atoms with Gasteiger partial charge in [0, 0.05) is 68.4 Å². The van der Waals surface area contributed by atoms with E-state index in [-0.39, 0.29) is 18.5 Å². The van der Waals surface area contributed by atoms with Gasteiger partial charge in [-0.25, -0.2) is 4.98 Å². The third kappa shape index (κ3) is 8.83. The maximum absolute atomic E-state index is 13.4. The van der Waals surface area contributed by atoms with Crippen molar-refractivity contribution in [1.29, 1.82) is 0 Å². The fourth-order valence-corrected chi connectivity index (χ4v) is 5.95. The first-order valence-corrected chi connectivity index (χ1v) is 15.4. The molecule has 1 N–H and O–H groups in total. The largest absolute Gasteiger partial charge is 0.416 e. The first-order chi connectivity index (χ1) is 22.3. The summed E-state index contributed by atoms with van der Waals surface area (Å²) in [5.41, 5.74) is -0.614. The quantitative estimate of drug-likeness (QED) is 0.181. The minimum atomic E-state index is -5.05. The Morgan fingerprint density at radius 3 is 2.17 bits per heavy atom. The van der Waals surface area contributed by atoms with E-state index in [0.29, 0.717) is 36.5 Å². The fraction of sp³-hybridized carbons (Fsp3) is 0.364. The zero-order valence-electron chi connectivity index (χ0n) is 25.5. The maximum atomic E-state index is 13.4. The van der Waals surface area contributed by atoms with Crippen LogP contribution < -0.4 is 4.90 Å². The van der Waals surface area contributed by atoms with Gasteiger partial charge in [0.05, 0.1) is 11.1 Å². The number of rotatable bonds is 10. The molecule has 250 valence electrons. The molecule has 0 radical (unpaired) electrons. The van der Waals surface area contributed by atoms with Crippen LogP contribution >= 0.6 is 11.6 Å². The van der Waals surface area contributed by atoms with Crippen LogP contribution in [-0.4, -0.2) is 77.2 Å². The van der Waals surface area contributed by atoms with Gasteiger partial charge in [-0.2, -0.15) is 31.4 Å². The Kier molecular flexibility index (Phi) is 10.5. The number of halogens is 7. The molecule has 0 aliphatic carbocycles. The van der Waals surface area contributed by atoms with Crippen LogP contribution in [0.3, 0.4) is 0 Å². The van der Waals surface area contributed by atoms with Crippen molar-refractivity contribution in [1.82, 2.24) is 25.0 Å². The van der Waals surface area contributed by atoms with Crippen LogP contribution in [-0.2, 0) is 18.8 Å². The van der Waals surface area contributed by atoms with Gasteiger partial charge in [0.15, 0.2) is 0 Å². The van der Waals surface area contributed by atoms with Gasteiger partial charge in [0.2, 0.25) is 0 Å². The molecular formula is C33H33ClF6N6O. The molecule has 1 aliphatic rings. The van der Waals surface area contributed by atoms with Gasteiger partial charge in [-0.15, -0.1) is 0 Å². The highest BCUT2D eigenvalue weighted by Gasteiger charge is 2.38. The second-order valence-electron chi connectivity index (χ2n) is 11.6. The van der Waals surface area contributed by atoms with E-state index in [4.69, 9.17) is 11.6 Å². The number of hydrogen-bond donors (Lipinski definition) is 1. The highest BCUT2D eigenvalue weighted by atomic mass is 35.5. The molecule has 14 heteroatoms. The summed E-state index contributed by atoms with van der Waals surface area (Å²) in [6, 6.07) is 16.2. The molecule has 1 aromatic heterocycles. The van der Waals surface area contributed by atoms with Gasteiger partial charge in [-0.05, 0) is 60.5 Å². The number of aromatic amines is 1. The van der Waals surface area contributed by atoms with E-state index in [1.807, 2.05) is 24.3 Å². The van der Waals surface area contributed by atoms with E-state index in [0.717, 1.165) is 48.8 Å². The van der Waals surface area contributed by atoms with E-state index in [9.17, 15) is 31.1 Å². The smallest absolute Gasteiger partial charge is 0.369 e. The van der Waals surface area contributed by atoms with E-state index in [1.165, 1.54) is 18.3 Å². The van der Waals surface area contributed by atoms with Crippen LogP contribution in [0.1, 0.15) is 50.8 Å². The van der Waals surface area contributed by atoms with Crippen molar-refractivity contribution < 1.29 is 31.1 Å². The number of nitrogens with zero attached hydrogens (tertiary/aromatic N) is 5. The topological polar surface area (TPSA) is 68.4 Å². The molecule has 1 aliphatic heterocycles. The monoisotopic (exact) mass is 678 g/mol. The predicted molar refractivity (Wildman–Crippen MR) is 167 cm³/mol. The van der Waals surface area contributed by atoms with Crippen LogP contribution in [0.25, 0.3) is 0 Å². The molecule has 1 saturated heterocycles. The summed E-state index contributed by atoms with van der Waals surface area (Å²) in [5.74, 6) is -0.408. The zero-order chi connectivity index (χ0) is 33.8. The van der Waals surface area contributed by atoms with E-state index in [2.05, 4.69) is 37.1 Å². The normalized spacial score (nSPS) is 15.1. The lowest BCUT2D eigenvalue weighted by Gasteiger charge is -2.37. The van der Waals surface area contributed by atoms with Crippen molar-refractivity contribution in [2.75, 3.05) is 51.2 Å². The number of H-pyrrole nitrogens is 1. The summed E-state index contributed by atoms with van der Waals surface area (Å²) >= 11 is 6.10. The lowest BCUT2D eigenvalue weighted by atomic mass is 9.94. The summed E-state index contributed by atoms with van der Waals surface area (Å²) in [4.78, 5) is 23.3. The summed E-state index contributed by atoms with van der Waals surface area (Å²) in [7, 11) is 1.38. The Hall–Kier alpha value is -4.10. The summed E-state index contributed by atoms with van der Waals surface area (Å²) in [6.45, 7) is 3.88. The van der Waals surface area contributed by atoms with Gasteiger partial charge < -0.3 is 9.80 Å². The Labute approximate surface area is 273 Å². The number of carbonyl (C=O) groups excluding carboxylic acids is 1. The van der Waals surface area contributed by atoms with Crippen LogP contribution in [0.2, 0.25) is 5.02 Å². The highest BCUT2D eigenvalue weighted by Crippen LogP contribution is 2.37. The van der Waals surface area contributed by atoms with Crippen molar-refractivity contribution in [3.05, 3.63) is 112 Å². The molecule has 1 atom stereocenters. The summed E-state index contributed by atoms with van der Waals surface area (Å²) in [5, 5.41) is 7.35. The molecule has 5 rings (SSSR count). The van der Waals surface area contributed by atoms with Crippen LogP contribution in [0, 0.1) is 0 Å². The highest BCUT2D eigenvalue weighted by molar-refractivity contribution is 6.30. The number of para-hydroxylation sites is 1. The molecule has 3 aromatic carbocycles. The van der Waals surface area contributed by atoms with Gasteiger partial charge in [0.25, 0.3) is 5.91 Å². The number of likely N-dealkylation sites (N-methyl/N-ethyl adjacent to an activating group) is 1. The second-order valence-corrected chi connectivity index (χ2v) is 12.0. The molecular weight excluding hydrogens is 646 g/mol. The molecule has 47 heavy (non-hydrogen) atoms. The minimum absolute atomic E-state index is 0.0161. The number of nitrogens with one attached hydrogen (secondary N) is 1. The average Bonchev–Trinajstić information content (AvgIpc) is 3.56. The summed E-state index contributed by atoms with van der Waals surface area (Å²) in [6.07, 6.45) is -7.40. The maximum Gasteiger partial charge on any atom is 0.416 e. The van der Waals surface area contributed by atoms with Gasteiger partial charge >= 0.3 is 12.4 Å². The Morgan fingerprint density at radius 2 is 1.57 bits per heavy atom. The van der Waals surface area contributed by atoms with E-state index >= 15 is 0 Å². The van der Waals surface area contributed by atoms with Crippen molar-refractivity contribution >= 4 is 23.2 Å². The number of benzene rings is 3. The Bertz CT molecular complexity index is 1600. The van der Waals surface area contributed by atoms with Gasteiger partial charge in [-0.3, -0.25) is 14.8 Å². The van der Waals surface area contributed by atoms with Crippen molar-refractivity contribution in [2.45, 2.75) is 31.1 Å². The number of piperazine rings is 1. The third-order valence-corrected chi connectivity index (χ3v) is 8.59. The first kappa shape index (κ1) is 34.2. The average molecular weight is 679 g/mol. The van der Waals surface area contributed by atoms with E-state index in [1.54, 1.807) is 12.1 Å². The number of hydrogen-bond acceptors (Lipinski definition) is 5. The molecule has 0 bridgehead atoms. The number of anilines is 1. The van der Waals surface area contributed by atoms with Crippen molar-refractivity contribution in [3.63, 3.8) is 0 Å². The molecule has 0 unspecified atom stereocenters. The standard InChI is InChI=1S/C33H33ClF6N6O/c1-44(31(47)25-16-26(32(35,36)37)19-27(17-25)33(38,39)40)20-24(22-6-8-28(34)9-7-22)10-11-45-12-14-46(15-13-45)29-5-3-2-4-23(29)18-30-41-21-42-43-30/h2-9,16-17,19,21,24H,10-15,18,20H2,1H3,(H,41,42,43)/t24-/m1/s1. The molecule has 0 saturated carbocycles. The molecule has 0 spiro atoms. The number of aromatic nitrogens is 3. The third-order valence-electron chi connectivity index (χ3n) is 8.34. The first-order valence-electron chi connectivity index (χ1n) is 15.0. The van der Waals surface area contributed by atoms with Crippen LogP contribution in [0.4, 0.5) is 32.0 Å². The molecule has 1 fully saturated rings.